The first kappa shape index (κ1) is 36.4. The van der Waals surface area contributed by atoms with E-state index < -0.39 is 20.0 Å². The van der Waals surface area contributed by atoms with E-state index >= 15 is 0 Å². The van der Waals surface area contributed by atoms with Gasteiger partial charge in [0, 0.05) is 48.2 Å². The normalized spacial score (nSPS) is 12.4. The number of anilines is 4. The molecule has 6 N–H and O–H groups in total. The number of hydrogen-bond acceptors (Lipinski definition) is 11. The van der Waals surface area contributed by atoms with Crippen molar-refractivity contribution in [3.05, 3.63) is 96.6 Å². The molecule has 2 aromatic carbocycles. The minimum atomic E-state index is -4.27. The molecule has 0 amide bonds. The lowest BCUT2D eigenvalue weighted by atomic mass is 10.2. The Hall–Kier alpha value is -5.42. The molecule has 4 aromatic rings. The molecule has 260 valence electrons. The molecule has 17 heteroatoms. The number of aryl methyl sites for hydroxylation is 2. The molecular weight excluding hydrogens is 669 g/mol. The van der Waals surface area contributed by atoms with Gasteiger partial charge in [-0.3, -0.25) is 9.97 Å². The molecule has 0 saturated heterocycles. The molecule has 4 rings (SSSR count). The van der Waals surface area contributed by atoms with Crippen LogP contribution in [0.2, 0.25) is 0 Å². The third-order valence-electron chi connectivity index (χ3n) is 6.32. The minimum absolute atomic E-state index is 0.153. The lowest BCUT2D eigenvalue weighted by Gasteiger charge is -2.17. The van der Waals surface area contributed by atoms with Crippen molar-refractivity contribution in [2.24, 2.45) is 10.3 Å². The molecule has 2 heterocycles. The van der Waals surface area contributed by atoms with Crippen LogP contribution >= 0.6 is 0 Å². The number of guanidine groups is 2. The number of sulfonamides is 2. The molecule has 0 fully saturated rings. The molecule has 49 heavy (non-hydrogen) atoms. The van der Waals surface area contributed by atoms with Gasteiger partial charge in [-0.1, -0.05) is 24.3 Å². The largest absolute Gasteiger partial charge is 0.354 e. The van der Waals surface area contributed by atoms with Crippen LogP contribution in [0.25, 0.3) is 0 Å². The summed E-state index contributed by atoms with van der Waals surface area (Å²) < 4.78 is 58.9. The predicted octanol–water partition coefficient (Wildman–Crippen LogP) is 4.39. The molecule has 0 spiro atoms. The molecular formula is C32H40N10O5S2. The van der Waals surface area contributed by atoms with Crippen LogP contribution in [0, 0.1) is 13.8 Å². The van der Waals surface area contributed by atoms with Gasteiger partial charge in [0.1, 0.15) is 9.79 Å². The van der Waals surface area contributed by atoms with Crippen LogP contribution in [0.1, 0.15) is 38.8 Å². The zero-order chi connectivity index (χ0) is 35.6. The number of oxime groups is 2. The second-order valence-corrected chi connectivity index (χ2v) is 14.8. The van der Waals surface area contributed by atoms with E-state index in [4.69, 9.17) is 4.94 Å². The summed E-state index contributed by atoms with van der Waals surface area (Å²) in [5, 5.41) is 19.6. The van der Waals surface area contributed by atoms with Gasteiger partial charge >= 0.3 is 0 Å². The van der Waals surface area contributed by atoms with Crippen molar-refractivity contribution in [3.8, 4) is 0 Å². The van der Waals surface area contributed by atoms with Crippen LogP contribution in [0.5, 0.6) is 0 Å². The Morgan fingerprint density at radius 1 is 0.653 bits per heavy atom. The topological polar surface area (TPSA) is 200 Å². The van der Waals surface area contributed by atoms with Crippen LogP contribution < -0.4 is 30.7 Å². The van der Waals surface area contributed by atoms with Crippen molar-refractivity contribution in [3.63, 3.8) is 0 Å². The van der Waals surface area contributed by atoms with E-state index in [1.807, 2.05) is 62.4 Å². The van der Waals surface area contributed by atoms with Crippen LogP contribution in [0.4, 0.5) is 22.7 Å². The number of aromatic nitrogens is 2. The first-order chi connectivity index (χ1) is 23.2. The zero-order valence-electron chi connectivity index (χ0n) is 27.9. The Labute approximate surface area is 286 Å². The summed E-state index contributed by atoms with van der Waals surface area (Å²) in [4.78, 5) is 12.8. The van der Waals surface area contributed by atoms with Crippen LogP contribution in [-0.2, 0) is 25.0 Å². The summed E-state index contributed by atoms with van der Waals surface area (Å²) in [6.07, 6.45) is 5.33. The van der Waals surface area contributed by atoms with Gasteiger partial charge in [0.2, 0.25) is 0 Å². The van der Waals surface area contributed by atoms with Gasteiger partial charge in [-0.2, -0.15) is 0 Å². The van der Waals surface area contributed by atoms with Gasteiger partial charge in [0.25, 0.3) is 32.0 Å². The molecule has 0 atom stereocenters. The van der Waals surface area contributed by atoms with Crippen molar-refractivity contribution in [2.45, 2.75) is 63.4 Å². The number of nitrogens with zero attached hydrogens (tertiary/aromatic N) is 4. The maximum absolute atomic E-state index is 13.6. The van der Waals surface area contributed by atoms with Gasteiger partial charge in [-0.05, 0) is 99.4 Å². The first-order valence-electron chi connectivity index (χ1n) is 15.2. The minimum Gasteiger partial charge on any atom is -0.354 e. The quantitative estimate of drug-likeness (QED) is 0.0693. The van der Waals surface area contributed by atoms with E-state index in [-0.39, 0.29) is 45.2 Å². The van der Waals surface area contributed by atoms with E-state index in [9.17, 15) is 16.8 Å². The van der Waals surface area contributed by atoms with Gasteiger partial charge in [0.15, 0.2) is 0 Å². The molecule has 0 bridgehead atoms. The molecule has 0 aliphatic carbocycles. The Morgan fingerprint density at radius 3 is 1.43 bits per heavy atom. The fraction of sp³-hybridized carbons (Fsp3) is 0.250. The maximum atomic E-state index is 13.6. The molecule has 0 radical (unpaired) electrons. The summed E-state index contributed by atoms with van der Waals surface area (Å²) in [5.74, 6) is -0.625. The second kappa shape index (κ2) is 16.1. The Kier molecular flexibility index (Phi) is 12.0. The highest BCUT2D eigenvalue weighted by Crippen LogP contribution is 2.25. The summed E-state index contributed by atoms with van der Waals surface area (Å²) in [6.45, 7) is 10.9. The van der Waals surface area contributed by atoms with Gasteiger partial charge in [-0.15, -0.1) is 0 Å². The summed E-state index contributed by atoms with van der Waals surface area (Å²) in [6, 6.07) is 17.4. The molecule has 15 nitrogen and oxygen atoms in total. The third-order valence-corrected chi connectivity index (χ3v) is 9.05. The van der Waals surface area contributed by atoms with E-state index in [2.05, 4.69) is 51.0 Å². The Morgan fingerprint density at radius 2 is 1.06 bits per heavy atom. The fourth-order valence-electron chi connectivity index (χ4n) is 4.31. The molecule has 2 aromatic heterocycles. The SMILES string of the molecule is Cc1cccc(Nc2ccncc2S(=O)(=O)NC(=NON=C(NC(C)C)NS(=O)(=O)c2cnccc2Nc2cccc(C)c2)NC(C)C)c1. The van der Waals surface area contributed by atoms with E-state index in [0.29, 0.717) is 11.4 Å². The third kappa shape index (κ3) is 10.8. The highest BCUT2D eigenvalue weighted by atomic mass is 32.2. The van der Waals surface area contributed by atoms with E-state index in [0.717, 1.165) is 11.1 Å². The summed E-state index contributed by atoms with van der Waals surface area (Å²) in [5.41, 5.74) is 3.91. The van der Waals surface area contributed by atoms with E-state index in [1.165, 1.54) is 36.9 Å². The predicted molar refractivity (Wildman–Crippen MR) is 191 cm³/mol. The fourth-order valence-corrected chi connectivity index (χ4v) is 6.45. The number of nitrogens with one attached hydrogen (secondary N) is 6. The zero-order valence-corrected chi connectivity index (χ0v) is 29.5. The molecule has 0 unspecified atom stereocenters. The monoisotopic (exact) mass is 708 g/mol. The first-order valence-corrected chi connectivity index (χ1v) is 18.1. The summed E-state index contributed by atoms with van der Waals surface area (Å²) >= 11 is 0. The molecule has 0 aliphatic rings. The Bertz CT molecular complexity index is 1890. The summed E-state index contributed by atoms with van der Waals surface area (Å²) in [7, 11) is -8.54. The van der Waals surface area contributed by atoms with Crippen LogP contribution in [0.3, 0.4) is 0 Å². The van der Waals surface area contributed by atoms with Gasteiger partial charge < -0.3 is 21.3 Å². The van der Waals surface area contributed by atoms with E-state index in [1.54, 1.807) is 27.7 Å². The standard InChI is InChI=1S/C32H40N10O5S2/c1-21(2)35-31(41-48(43,44)29-19-33-15-13-27(29)37-25-11-7-9-23(5)17-25)39-47-40-32(36-22(3)4)42-49(45,46)30-20-34-16-14-28(30)38-26-12-8-10-24(6)18-26/h7-22H,1-6H3,(H,33,37)(H,34,38)(H2,35,39,41)(H2,36,40,42). The smallest absolute Gasteiger partial charge is 0.267 e. The van der Waals surface area contributed by atoms with Crippen molar-refractivity contribution in [2.75, 3.05) is 10.6 Å². The number of benzene rings is 2. The van der Waals surface area contributed by atoms with Gasteiger partial charge in [-0.25, -0.2) is 31.2 Å². The van der Waals surface area contributed by atoms with Crippen LogP contribution in [-0.4, -0.2) is 50.8 Å². The number of pyridine rings is 2. The Balaban J connectivity index is 1.58. The molecule has 0 aliphatic heterocycles. The highest BCUT2D eigenvalue weighted by Gasteiger charge is 2.24. The highest BCUT2D eigenvalue weighted by molar-refractivity contribution is 7.90. The van der Waals surface area contributed by atoms with Crippen LogP contribution in [0.15, 0.2) is 106 Å². The molecule has 0 saturated carbocycles. The average Bonchev–Trinajstić information content (AvgIpc) is 3.00. The van der Waals surface area contributed by atoms with Crippen molar-refractivity contribution >= 4 is 54.7 Å². The lowest BCUT2D eigenvalue weighted by Crippen LogP contribution is -2.45. The van der Waals surface area contributed by atoms with Crippen molar-refractivity contribution < 1.29 is 21.8 Å². The van der Waals surface area contributed by atoms with Crippen molar-refractivity contribution in [1.82, 2.24) is 30.0 Å². The van der Waals surface area contributed by atoms with Gasteiger partial charge in [0.05, 0.1) is 11.4 Å². The van der Waals surface area contributed by atoms with Crippen molar-refractivity contribution in [1.29, 1.82) is 0 Å². The number of hydrogen-bond donors (Lipinski definition) is 6. The lowest BCUT2D eigenvalue weighted by molar-refractivity contribution is 0.151. The maximum Gasteiger partial charge on any atom is 0.267 e. The second-order valence-electron chi connectivity index (χ2n) is 11.5. The number of rotatable bonds is 12. The average molecular weight is 709 g/mol.